The number of hydrazone groups is 1. The number of carbonyl (C=O) groups excluding carboxylic acids is 1. The standard InChI is InChI=1S/C13H13N3O2/c1-9(10-4-2-5-11(14)8-10)15-16-13(17)12-6-3-7-18-12/h2-8H,14H2,1H3,(H,16,17)/b15-9+. The highest BCUT2D eigenvalue weighted by Crippen LogP contribution is 2.07. The number of hydrogen-bond donors (Lipinski definition) is 2. The van der Waals surface area contributed by atoms with Gasteiger partial charge >= 0.3 is 5.91 Å². The summed E-state index contributed by atoms with van der Waals surface area (Å²) in [6.45, 7) is 1.79. The van der Waals surface area contributed by atoms with Crippen molar-refractivity contribution in [1.82, 2.24) is 5.43 Å². The number of nitrogens with one attached hydrogen (secondary N) is 1. The van der Waals surface area contributed by atoms with E-state index in [9.17, 15) is 4.79 Å². The van der Waals surface area contributed by atoms with Crippen molar-refractivity contribution in [3.8, 4) is 0 Å². The van der Waals surface area contributed by atoms with Gasteiger partial charge in [0.05, 0.1) is 12.0 Å². The van der Waals surface area contributed by atoms with Crippen LogP contribution in [0.5, 0.6) is 0 Å². The quantitative estimate of drug-likeness (QED) is 0.491. The zero-order valence-electron chi connectivity index (χ0n) is 9.88. The van der Waals surface area contributed by atoms with Crippen molar-refractivity contribution in [1.29, 1.82) is 0 Å². The van der Waals surface area contributed by atoms with Crippen LogP contribution in [0.1, 0.15) is 23.0 Å². The summed E-state index contributed by atoms with van der Waals surface area (Å²) in [6.07, 6.45) is 1.43. The molecule has 2 aromatic rings. The van der Waals surface area contributed by atoms with E-state index in [-0.39, 0.29) is 11.7 Å². The molecule has 1 aromatic heterocycles. The second kappa shape index (κ2) is 5.18. The normalized spacial score (nSPS) is 11.3. The SMILES string of the molecule is C/C(=N\NC(=O)c1ccco1)c1cccc(N)c1. The van der Waals surface area contributed by atoms with Crippen LogP contribution in [0.3, 0.4) is 0 Å². The number of benzene rings is 1. The molecule has 0 spiro atoms. The molecule has 0 aliphatic rings. The number of furan rings is 1. The number of anilines is 1. The number of nitrogen functional groups attached to an aromatic ring is 1. The van der Waals surface area contributed by atoms with E-state index in [4.69, 9.17) is 10.2 Å². The predicted octanol–water partition coefficient (Wildman–Crippen LogP) is 2.02. The summed E-state index contributed by atoms with van der Waals surface area (Å²) < 4.78 is 4.95. The van der Waals surface area contributed by atoms with E-state index in [1.54, 1.807) is 31.2 Å². The fourth-order valence-corrected chi connectivity index (χ4v) is 1.43. The van der Waals surface area contributed by atoms with Crippen LogP contribution in [0.4, 0.5) is 5.69 Å². The minimum atomic E-state index is -0.386. The molecule has 0 saturated carbocycles. The summed E-state index contributed by atoms with van der Waals surface area (Å²) in [5, 5.41) is 3.99. The molecule has 0 aliphatic carbocycles. The summed E-state index contributed by atoms with van der Waals surface area (Å²) in [6, 6.07) is 10.5. The third-order valence-electron chi connectivity index (χ3n) is 2.37. The lowest BCUT2D eigenvalue weighted by atomic mass is 10.1. The van der Waals surface area contributed by atoms with Gasteiger partial charge in [-0.1, -0.05) is 12.1 Å². The molecule has 5 heteroatoms. The lowest BCUT2D eigenvalue weighted by Crippen LogP contribution is -2.18. The first-order chi connectivity index (χ1) is 8.66. The highest BCUT2D eigenvalue weighted by molar-refractivity contribution is 6.00. The van der Waals surface area contributed by atoms with Gasteiger partial charge in [-0.2, -0.15) is 5.10 Å². The molecule has 0 atom stereocenters. The number of amides is 1. The molecule has 0 radical (unpaired) electrons. The molecule has 0 aliphatic heterocycles. The molecule has 5 nitrogen and oxygen atoms in total. The number of carbonyl (C=O) groups is 1. The topological polar surface area (TPSA) is 80.6 Å². The largest absolute Gasteiger partial charge is 0.459 e. The third-order valence-corrected chi connectivity index (χ3v) is 2.37. The molecule has 0 fully saturated rings. The lowest BCUT2D eigenvalue weighted by molar-refractivity contribution is 0.0927. The Hall–Kier alpha value is -2.56. The first-order valence-corrected chi connectivity index (χ1v) is 5.41. The highest BCUT2D eigenvalue weighted by atomic mass is 16.3. The molecule has 0 unspecified atom stereocenters. The first-order valence-electron chi connectivity index (χ1n) is 5.41. The van der Waals surface area contributed by atoms with Crippen LogP contribution in [-0.4, -0.2) is 11.6 Å². The Kier molecular flexibility index (Phi) is 3.43. The number of rotatable bonds is 3. The van der Waals surface area contributed by atoms with Crippen molar-refractivity contribution in [3.63, 3.8) is 0 Å². The van der Waals surface area contributed by atoms with Gasteiger partial charge in [0, 0.05) is 5.69 Å². The fraction of sp³-hybridized carbons (Fsp3) is 0.0769. The first kappa shape index (κ1) is 11.9. The number of nitrogens with two attached hydrogens (primary N) is 1. The summed E-state index contributed by atoms with van der Waals surface area (Å²) in [5.74, 6) is -0.164. The molecule has 0 saturated heterocycles. The lowest BCUT2D eigenvalue weighted by Gasteiger charge is -2.02. The Morgan fingerprint density at radius 3 is 2.83 bits per heavy atom. The Morgan fingerprint density at radius 1 is 1.33 bits per heavy atom. The van der Waals surface area contributed by atoms with E-state index < -0.39 is 0 Å². The van der Waals surface area contributed by atoms with Gasteiger partial charge in [0.25, 0.3) is 0 Å². The predicted molar refractivity (Wildman–Crippen MR) is 69.2 cm³/mol. The summed E-state index contributed by atoms with van der Waals surface area (Å²) >= 11 is 0. The van der Waals surface area contributed by atoms with Gasteiger partial charge in [-0.3, -0.25) is 4.79 Å². The second-order valence-electron chi connectivity index (χ2n) is 3.74. The minimum Gasteiger partial charge on any atom is -0.459 e. The van der Waals surface area contributed by atoms with Crippen molar-refractivity contribution in [3.05, 3.63) is 54.0 Å². The van der Waals surface area contributed by atoms with Gasteiger partial charge < -0.3 is 10.2 Å². The van der Waals surface area contributed by atoms with Gasteiger partial charge in [0.1, 0.15) is 0 Å². The Balaban J connectivity index is 2.08. The maximum atomic E-state index is 11.6. The van der Waals surface area contributed by atoms with Crippen LogP contribution >= 0.6 is 0 Å². The van der Waals surface area contributed by atoms with Crippen molar-refractivity contribution in [2.75, 3.05) is 5.73 Å². The van der Waals surface area contributed by atoms with E-state index in [1.165, 1.54) is 6.26 Å². The molecule has 1 amide bonds. The van der Waals surface area contributed by atoms with Gasteiger partial charge in [0.2, 0.25) is 0 Å². The van der Waals surface area contributed by atoms with Crippen LogP contribution in [0.15, 0.2) is 52.2 Å². The van der Waals surface area contributed by atoms with Gasteiger partial charge in [0.15, 0.2) is 5.76 Å². The third kappa shape index (κ3) is 2.76. The monoisotopic (exact) mass is 243 g/mol. The van der Waals surface area contributed by atoms with E-state index in [2.05, 4.69) is 10.5 Å². The molecule has 1 aromatic carbocycles. The molecule has 0 bridgehead atoms. The fourth-order valence-electron chi connectivity index (χ4n) is 1.43. The highest BCUT2D eigenvalue weighted by Gasteiger charge is 2.07. The molecular weight excluding hydrogens is 230 g/mol. The van der Waals surface area contributed by atoms with E-state index in [0.29, 0.717) is 11.4 Å². The van der Waals surface area contributed by atoms with Crippen molar-refractivity contribution in [2.24, 2.45) is 5.10 Å². The van der Waals surface area contributed by atoms with Crippen molar-refractivity contribution in [2.45, 2.75) is 6.92 Å². The van der Waals surface area contributed by atoms with Crippen LogP contribution < -0.4 is 11.2 Å². The summed E-state index contributed by atoms with van der Waals surface area (Å²) in [4.78, 5) is 11.6. The van der Waals surface area contributed by atoms with Gasteiger partial charge in [-0.25, -0.2) is 5.43 Å². The average Bonchev–Trinajstić information content (AvgIpc) is 2.89. The Bertz CT molecular complexity index is 574. The molecule has 18 heavy (non-hydrogen) atoms. The van der Waals surface area contributed by atoms with Crippen LogP contribution in [0.25, 0.3) is 0 Å². The average molecular weight is 243 g/mol. The van der Waals surface area contributed by atoms with Crippen LogP contribution in [0.2, 0.25) is 0 Å². The molecule has 2 rings (SSSR count). The van der Waals surface area contributed by atoms with Gasteiger partial charge in [-0.15, -0.1) is 0 Å². The molecule has 92 valence electrons. The minimum absolute atomic E-state index is 0.221. The van der Waals surface area contributed by atoms with E-state index >= 15 is 0 Å². The van der Waals surface area contributed by atoms with E-state index in [0.717, 1.165) is 5.56 Å². The molecule has 3 N–H and O–H groups in total. The zero-order valence-corrected chi connectivity index (χ0v) is 9.88. The smallest absolute Gasteiger partial charge is 0.307 e. The molecule has 1 heterocycles. The zero-order chi connectivity index (χ0) is 13.0. The maximum absolute atomic E-state index is 11.6. The van der Waals surface area contributed by atoms with Crippen molar-refractivity contribution >= 4 is 17.3 Å². The van der Waals surface area contributed by atoms with Crippen LogP contribution in [-0.2, 0) is 0 Å². The van der Waals surface area contributed by atoms with Crippen LogP contribution in [0, 0.1) is 0 Å². The Morgan fingerprint density at radius 2 is 2.17 bits per heavy atom. The second-order valence-corrected chi connectivity index (χ2v) is 3.74. The summed E-state index contributed by atoms with van der Waals surface area (Å²) in [7, 11) is 0. The molecular formula is C13H13N3O2. The van der Waals surface area contributed by atoms with E-state index in [1.807, 2.05) is 12.1 Å². The van der Waals surface area contributed by atoms with Crippen molar-refractivity contribution < 1.29 is 9.21 Å². The number of nitrogens with zero attached hydrogens (tertiary/aromatic N) is 1. The summed E-state index contributed by atoms with van der Waals surface area (Å²) in [5.41, 5.74) is 10.3. The Labute approximate surface area is 104 Å². The van der Waals surface area contributed by atoms with Gasteiger partial charge in [-0.05, 0) is 36.8 Å². The number of hydrogen-bond acceptors (Lipinski definition) is 4. The maximum Gasteiger partial charge on any atom is 0.307 e.